The van der Waals surface area contributed by atoms with Gasteiger partial charge in [-0.2, -0.15) is 13.2 Å². The van der Waals surface area contributed by atoms with Crippen molar-refractivity contribution in [3.05, 3.63) is 126 Å². The quantitative estimate of drug-likeness (QED) is 0.0743. The Kier molecular flexibility index (Phi) is 13.8. The molecule has 1 fully saturated rings. The number of benzene rings is 5. The van der Waals surface area contributed by atoms with Crippen molar-refractivity contribution in [1.82, 2.24) is 9.62 Å². The molecule has 0 aromatic heterocycles. The van der Waals surface area contributed by atoms with Crippen molar-refractivity contribution in [3.8, 4) is 28.4 Å². The minimum absolute atomic E-state index is 0.0449. The fraction of sp³-hybridized carbons (Fsp3) is 0.279. The number of hydrogen-bond donors (Lipinski definition) is 2. The van der Waals surface area contributed by atoms with Crippen molar-refractivity contribution >= 4 is 39.1 Å². The van der Waals surface area contributed by atoms with Crippen LogP contribution >= 0.6 is 11.8 Å². The molecule has 5 aromatic carbocycles. The van der Waals surface area contributed by atoms with Crippen molar-refractivity contribution in [3.63, 3.8) is 0 Å². The summed E-state index contributed by atoms with van der Waals surface area (Å²) in [4.78, 5) is 17.8. The van der Waals surface area contributed by atoms with Gasteiger partial charge in [-0.15, -0.1) is 11.8 Å². The van der Waals surface area contributed by atoms with Gasteiger partial charge in [-0.05, 0) is 96.9 Å². The van der Waals surface area contributed by atoms with Crippen molar-refractivity contribution in [1.29, 1.82) is 0 Å². The summed E-state index contributed by atoms with van der Waals surface area (Å²) in [6.07, 6.45) is -4.84. The molecule has 1 aliphatic rings. The lowest BCUT2D eigenvalue weighted by molar-refractivity contribution is -0.137. The summed E-state index contributed by atoms with van der Waals surface area (Å²) in [6.45, 7) is 6.16. The fourth-order valence-corrected chi connectivity index (χ4v) is 8.43. The largest absolute Gasteiger partial charge is 0.496 e. The lowest BCUT2D eigenvalue weighted by Crippen LogP contribution is -2.46. The maximum Gasteiger partial charge on any atom is 0.418 e. The SMILES string of the molecule is CCOc1cccc(-c2cc(OC)c(CN3CCN(c4ccc(C(=O)NS(=O)(=O)c5ccc(NCCSc6ccccc6)c(C(F)(F)F)c5)cc4)CC3)c(OC)c2)c1. The first-order valence-corrected chi connectivity index (χ1v) is 21.1. The number of hydrogen-bond acceptors (Lipinski definition) is 10. The van der Waals surface area contributed by atoms with E-state index in [-0.39, 0.29) is 17.8 Å². The van der Waals surface area contributed by atoms with E-state index in [1.165, 1.54) is 23.9 Å². The molecule has 2 N–H and O–H groups in total. The minimum atomic E-state index is -4.84. The van der Waals surface area contributed by atoms with E-state index < -0.39 is 32.6 Å². The molecule has 0 saturated carbocycles. The Bertz CT molecular complexity index is 2260. The summed E-state index contributed by atoms with van der Waals surface area (Å²) >= 11 is 1.48. The van der Waals surface area contributed by atoms with Gasteiger partial charge in [-0.1, -0.05) is 30.3 Å². The summed E-state index contributed by atoms with van der Waals surface area (Å²) in [6, 6.07) is 30.4. The second-order valence-electron chi connectivity index (χ2n) is 13.4. The molecule has 1 saturated heterocycles. The van der Waals surface area contributed by atoms with Gasteiger partial charge in [-0.25, -0.2) is 13.1 Å². The van der Waals surface area contributed by atoms with Crippen LogP contribution in [0.25, 0.3) is 11.1 Å². The summed E-state index contributed by atoms with van der Waals surface area (Å²) in [5.41, 5.74) is 2.35. The van der Waals surface area contributed by atoms with Gasteiger partial charge in [0, 0.05) is 66.9 Å². The normalized spacial score (nSPS) is 13.5. The molecule has 0 aliphatic carbocycles. The van der Waals surface area contributed by atoms with E-state index >= 15 is 0 Å². The summed E-state index contributed by atoms with van der Waals surface area (Å²) < 4.78 is 87.7. The van der Waals surface area contributed by atoms with Crippen molar-refractivity contribution in [2.24, 2.45) is 0 Å². The molecule has 6 rings (SSSR count). The van der Waals surface area contributed by atoms with Gasteiger partial charge in [0.2, 0.25) is 0 Å². The van der Waals surface area contributed by atoms with Gasteiger partial charge in [0.1, 0.15) is 17.2 Å². The highest BCUT2D eigenvalue weighted by molar-refractivity contribution is 7.99. The molecule has 10 nitrogen and oxygen atoms in total. The number of ether oxygens (including phenoxy) is 3. The molecule has 58 heavy (non-hydrogen) atoms. The number of alkyl halides is 3. The molecule has 5 aromatic rings. The van der Waals surface area contributed by atoms with Crippen LogP contribution in [-0.4, -0.2) is 78.5 Å². The predicted molar refractivity (Wildman–Crippen MR) is 222 cm³/mol. The minimum Gasteiger partial charge on any atom is -0.496 e. The topological polar surface area (TPSA) is 109 Å². The maximum absolute atomic E-state index is 14.0. The fourth-order valence-electron chi connectivity index (χ4n) is 6.64. The molecule has 1 aliphatic heterocycles. The van der Waals surface area contributed by atoms with Crippen LogP contribution in [0, 0.1) is 0 Å². The predicted octanol–water partition coefficient (Wildman–Crippen LogP) is 8.43. The first kappa shape index (κ1) is 42.2. The highest BCUT2D eigenvalue weighted by atomic mass is 32.2. The molecule has 0 bridgehead atoms. The number of piperazine rings is 1. The number of sulfonamides is 1. The van der Waals surface area contributed by atoms with Crippen LogP contribution in [0.2, 0.25) is 0 Å². The first-order chi connectivity index (χ1) is 27.9. The number of nitrogens with one attached hydrogen (secondary N) is 2. The molecule has 1 heterocycles. The molecule has 1 amide bonds. The second kappa shape index (κ2) is 18.9. The second-order valence-corrected chi connectivity index (χ2v) is 16.2. The zero-order valence-corrected chi connectivity index (χ0v) is 34.0. The number of thioether (sulfide) groups is 1. The third-order valence-electron chi connectivity index (χ3n) is 9.60. The summed E-state index contributed by atoms with van der Waals surface area (Å²) in [5, 5.41) is 2.76. The maximum atomic E-state index is 14.0. The summed E-state index contributed by atoms with van der Waals surface area (Å²) in [7, 11) is -1.35. The number of rotatable bonds is 16. The van der Waals surface area contributed by atoms with Gasteiger partial charge in [-0.3, -0.25) is 9.69 Å². The first-order valence-electron chi connectivity index (χ1n) is 18.6. The molecule has 0 atom stereocenters. The third kappa shape index (κ3) is 10.6. The van der Waals surface area contributed by atoms with Crippen molar-refractivity contribution < 1.29 is 40.6 Å². The van der Waals surface area contributed by atoms with Crippen molar-refractivity contribution in [2.75, 3.05) is 69.5 Å². The lowest BCUT2D eigenvalue weighted by atomic mass is 10.0. The molecule has 0 unspecified atom stereocenters. The third-order valence-corrected chi connectivity index (χ3v) is 11.9. The van der Waals surface area contributed by atoms with Gasteiger partial charge in [0.25, 0.3) is 15.9 Å². The monoisotopic (exact) mass is 834 g/mol. The van der Waals surface area contributed by atoms with Crippen LogP contribution in [0.15, 0.2) is 119 Å². The van der Waals surface area contributed by atoms with Gasteiger partial charge < -0.3 is 24.4 Å². The Labute approximate surface area is 341 Å². The highest BCUT2D eigenvalue weighted by Gasteiger charge is 2.35. The smallest absolute Gasteiger partial charge is 0.418 e. The molecule has 0 spiro atoms. The van der Waals surface area contributed by atoms with E-state index in [4.69, 9.17) is 14.2 Å². The summed E-state index contributed by atoms with van der Waals surface area (Å²) in [5.74, 6) is 1.75. The molecule has 15 heteroatoms. The van der Waals surface area contributed by atoms with Gasteiger partial charge in [0.15, 0.2) is 0 Å². The Morgan fingerprint density at radius 2 is 1.50 bits per heavy atom. The van der Waals surface area contributed by atoms with Gasteiger partial charge >= 0.3 is 6.18 Å². The van der Waals surface area contributed by atoms with Crippen molar-refractivity contribution in [2.45, 2.75) is 29.4 Å². The Morgan fingerprint density at radius 1 is 0.810 bits per heavy atom. The van der Waals surface area contributed by atoms with E-state index in [1.807, 2.05) is 78.4 Å². The Morgan fingerprint density at radius 3 is 2.14 bits per heavy atom. The van der Waals surface area contributed by atoms with Gasteiger partial charge in [0.05, 0.1) is 36.8 Å². The van der Waals surface area contributed by atoms with E-state index in [0.717, 1.165) is 58.2 Å². The number of nitrogens with zero attached hydrogens (tertiary/aromatic N) is 2. The van der Waals surface area contributed by atoms with Crippen LogP contribution in [0.5, 0.6) is 17.2 Å². The molecule has 0 radical (unpaired) electrons. The zero-order valence-electron chi connectivity index (χ0n) is 32.3. The lowest BCUT2D eigenvalue weighted by Gasteiger charge is -2.36. The number of anilines is 2. The van der Waals surface area contributed by atoms with Crippen LogP contribution in [0.3, 0.4) is 0 Å². The average molecular weight is 835 g/mol. The van der Waals surface area contributed by atoms with E-state index in [2.05, 4.69) is 15.1 Å². The Hall–Kier alpha value is -5.38. The zero-order chi connectivity index (χ0) is 41.3. The van der Waals surface area contributed by atoms with E-state index in [9.17, 15) is 26.4 Å². The molecular formula is C43H45F3N4O6S2. The number of carbonyl (C=O) groups is 1. The number of amides is 1. The average Bonchev–Trinajstić information content (AvgIpc) is 3.23. The van der Waals surface area contributed by atoms with E-state index in [1.54, 1.807) is 26.4 Å². The number of methoxy groups -OCH3 is 2. The van der Waals surface area contributed by atoms with E-state index in [0.29, 0.717) is 49.6 Å². The van der Waals surface area contributed by atoms with Crippen LogP contribution in [0.4, 0.5) is 24.5 Å². The number of halogens is 3. The van der Waals surface area contributed by atoms with Crippen LogP contribution < -0.4 is 29.1 Å². The Balaban J connectivity index is 1.05. The number of carbonyl (C=O) groups excluding carboxylic acids is 1. The van der Waals surface area contributed by atoms with Crippen LogP contribution in [-0.2, 0) is 22.7 Å². The standard InChI is InChI=1S/C43H45F3N4O6S2/c1-4-56-34-10-8-9-31(25-34)32-26-40(54-2)37(41(27-32)55-3)29-49-20-22-50(23-21-49)33-15-13-30(14-16-33)42(51)48-58(52,53)36-17-18-39(38(28-36)43(44,45)46)47-19-24-57-35-11-6-5-7-12-35/h5-18,25-28,47H,4,19-24,29H2,1-3H3,(H,48,51). The van der Waals surface area contributed by atoms with Crippen LogP contribution in [0.1, 0.15) is 28.4 Å². The molecular weight excluding hydrogens is 790 g/mol. The highest BCUT2D eigenvalue weighted by Crippen LogP contribution is 2.38. The molecule has 306 valence electrons.